The maximum absolute atomic E-state index is 11.8. The molecule has 0 fully saturated rings. The Morgan fingerprint density at radius 3 is 2.67 bits per heavy atom. The Hall–Kier alpha value is -0.720. The van der Waals surface area contributed by atoms with Crippen LogP contribution < -0.4 is 5.30 Å². The van der Waals surface area contributed by atoms with Gasteiger partial charge in [-0.25, -0.2) is 0 Å². The molecule has 0 saturated heterocycles. The summed E-state index contributed by atoms with van der Waals surface area (Å²) in [5, 5.41) is 0.853. The standard InChI is InChI=1S/C12H18O2P/c1-3-5-10-14-15(13)12-9-7-6-8-11(12)4-2/h6-9H,3-5,10H2,1-2H3/q+1. The Kier molecular flexibility index (Phi) is 5.52. The second-order valence-electron chi connectivity index (χ2n) is 3.43. The zero-order valence-electron chi connectivity index (χ0n) is 9.40. The highest BCUT2D eigenvalue weighted by atomic mass is 31.1. The SMILES string of the molecule is CCCCO[P+](=O)c1ccccc1CC. The Morgan fingerprint density at radius 1 is 1.27 bits per heavy atom. The molecule has 0 spiro atoms. The van der Waals surface area contributed by atoms with Crippen LogP contribution in [0.1, 0.15) is 32.3 Å². The van der Waals surface area contributed by atoms with Crippen molar-refractivity contribution in [3.63, 3.8) is 0 Å². The number of hydrogen-bond acceptors (Lipinski definition) is 2. The van der Waals surface area contributed by atoms with Gasteiger partial charge in [-0.05, 0) is 23.5 Å². The van der Waals surface area contributed by atoms with E-state index in [1.165, 1.54) is 0 Å². The van der Waals surface area contributed by atoms with E-state index in [-0.39, 0.29) is 0 Å². The van der Waals surface area contributed by atoms with Crippen LogP contribution in [-0.2, 0) is 15.5 Å². The van der Waals surface area contributed by atoms with E-state index in [1.807, 2.05) is 24.3 Å². The van der Waals surface area contributed by atoms with Gasteiger partial charge in [-0.15, -0.1) is 4.52 Å². The minimum atomic E-state index is -1.66. The van der Waals surface area contributed by atoms with E-state index >= 15 is 0 Å². The van der Waals surface area contributed by atoms with E-state index in [2.05, 4.69) is 13.8 Å². The molecule has 0 aliphatic carbocycles. The van der Waals surface area contributed by atoms with Crippen LogP contribution in [0.5, 0.6) is 0 Å². The van der Waals surface area contributed by atoms with Crippen molar-refractivity contribution in [2.75, 3.05) is 6.61 Å². The van der Waals surface area contributed by atoms with Gasteiger partial charge in [-0.2, -0.15) is 0 Å². The zero-order valence-corrected chi connectivity index (χ0v) is 10.3. The van der Waals surface area contributed by atoms with Crippen LogP contribution in [0.25, 0.3) is 0 Å². The van der Waals surface area contributed by atoms with Gasteiger partial charge in [0, 0.05) is 5.56 Å². The second kappa shape index (κ2) is 6.71. The van der Waals surface area contributed by atoms with Crippen molar-refractivity contribution in [3.05, 3.63) is 29.8 Å². The summed E-state index contributed by atoms with van der Waals surface area (Å²) in [4.78, 5) is 0. The topological polar surface area (TPSA) is 26.3 Å². The number of benzene rings is 1. The Balaban J connectivity index is 2.64. The van der Waals surface area contributed by atoms with Crippen LogP contribution in [0.2, 0.25) is 0 Å². The molecule has 0 heterocycles. The first kappa shape index (κ1) is 12.4. The molecular formula is C12H18O2P+. The molecule has 0 radical (unpaired) electrons. The van der Waals surface area contributed by atoms with Crippen LogP contribution in [0.15, 0.2) is 24.3 Å². The van der Waals surface area contributed by atoms with Gasteiger partial charge in [0.25, 0.3) is 0 Å². The third-order valence-electron chi connectivity index (χ3n) is 2.28. The highest BCUT2D eigenvalue weighted by molar-refractivity contribution is 7.48. The summed E-state index contributed by atoms with van der Waals surface area (Å²) < 4.78 is 17.1. The molecule has 0 saturated carbocycles. The Morgan fingerprint density at radius 2 is 2.00 bits per heavy atom. The summed E-state index contributed by atoms with van der Waals surface area (Å²) in [6.45, 7) is 4.74. The van der Waals surface area contributed by atoms with Gasteiger partial charge >= 0.3 is 8.03 Å². The summed E-state index contributed by atoms with van der Waals surface area (Å²) in [7, 11) is -1.66. The maximum atomic E-state index is 11.8. The lowest BCUT2D eigenvalue weighted by Gasteiger charge is -1.96. The van der Waals surface area contributed by atoms with Crippen molar-refractivity contribution in [2.45, 2.75) is 33.1 Å². The second-order valence-corrected chi connectivity index (χ2v) is 4.68. The van der Waals surface area contributed by atoms with Crippen LogP contribution >= 0.6 is 8.03 Å². The average Bonchev–Trinajstić information content (AvgIpc) is 2.29. The zero-order chi connectivity index (χ0) is 11.1. The first-order valence-electron chi connectivity index (χ1n) is 5.47. The highest BCUT2D eigenvalue weighted by Gasteiger charge is 2.24. The molecule has 0 aliphatic heterocycles. The molecule has 0 aliphatic rings. The normalized spacial score (nSPS) is 11.5. The minimum absolute atomic E-state index is 0.587. The van der Waals surface area contributed by atoms with Crippen molar-refractivity contribution in [3.8, 4) is 0 Å². The summed E-state index contributed by atoms with van der Waals surface area (Å²) in [6.07, 6.45) is 2.93. The van der Waals surface area contributed by atoms with E-state index in [1.54, 1.807) is 0 Å². The highest BCUT2D eigenvalue weighted by Crippen LogP contribution is 2.24. The largest absolute Gasteiger partial charge is 0.548 e. The number of rotatable bonds is 6. The Bertz CT molecular complexity index is 323. The third-order valence-corrected chi connectivity index (χ3v) is 3.52. The van der Waals surface area contributed by atoms with E-state index < -0.39 is 8.03 Å². The average molecular weight is 225 g/mol. The van der Waals surface area contributed by atoms with Crippen molar-refractivity contribution < 1.29 is 9.09 Å². The van der Waals surface area contributed by atoms with Crippen molar-refractivity contribution in [1.82, 2.24) is 0 Å². The molecule has 0 bridgehead atoms. The monoisotopic (exact) mass is 225 g/mol. The van der Waals surface area contributed by atoms with Crippen LogP contribution in [-0.4, -0.2) is 6.61 Å². The van der Waals surface area contributed by atoms with Crippen LogP contribution in [0.4, 0.5) is 0 Å². The molecule has 0 N–H and O–H groups in total. The predicted molar refractivity (Wildman–Crippen MR) is 63.9 cm³/mol. The molecule has 0 amide bonds. The van der Waals surface area contributed by atoms with Crippen molar-refractivity contribution >= 4 is 13.3 Å². The van der Waals surface area contributed by atoms with Crippen LogP contribution in [0.3, 0.4) is 0 Å². The minimum Gasteiger partial charge on any atom is -0.142 e. The molecule has 3 heteroatoms. The first-order chi connectivity index (χ1) is 7.29. The van der Waals surface area contributed by atoms with E-state index in [4.69, 9.17) is 4.52 Å². The van der Waals surface area contributed by atoms with Gasteiger partial charge in [0.15, 0.2) is 0 Å². The lowest BCUT2D eigenvalue weighted by molar-refractivity contribution is 0.326. The third kappa shape index (κ3) is 3.73. The van der Waals surface area contributed by atoms with Gasteiger partial charge in [0.05, 0.1) is 0 Å². The van der Waals surface area contributed by atoms with E-state index in [9.17, 15) is 4.57 Å². The van der Waals surface area contributed by atoms with E-state index in [0.29, 0.717) is 6.61 Å². The lowest BCUT2D eigenvalue weighted by Crippen LogP contribution is -2.05. The molecule has 1 aromatic carbocycles. The van der Waals surface area contributed by atoms with E-state index in [0.717, 1.165) is 30.1 Å². The fourth-order valence-corrected chi connectivity index (χ4v) is 2.46. The summed E-state index contributed by atoms with van der Waals surface area (Å²) in [6, 6.07) is 7.78. The van der Waals surface area contributed by atoms with Crippen molar-refractivity contribution in [1.29, 1.82) is 0 Å². The summed E-state index contributed by atoms with van der Waals surface area (Å²) >= 11 is 0. The van der Waals surface area contributed by atoms with Gasteiger partial charge < -0.3 is 0 Å². The van der Waals surface area contributed by atoms with Crippen LogP contribution in [0, 0.1) is 0 Å². The van der Waals surface area contributed by atoms with Gasteiger partial charge in [-0.3, -0.25) is 0 Å². The molecule has 1 unspecified atom stereocenters. The predicted octanol–water partition coefficient (Wildman–Crippen LogP) is 3.43. The molecule has 0 aromatic heterocycles. The maximum Gasteiger partial charge on any atom is 0.548 e. The number of aryl methyl sites for hydroxylation is 1. The fourth-order valence-electron chi connectivity index (χ4n) is 1.35. The number of hydrogen-bond donors (Lipinski definition) is 0. The van der Waals surface area contributed by atoms with Gasteiger partial charge in [0.2, 0.25) is 5.30 Å². The fraction of sp³-hybridized carbons (Fsp3) is 0.500. The number of unbranched alkanes of at least 4 members (excludes halogenated alkanes) is 1. The molecule has 15 heavy (non-hydrogen) atoms. The van der Waals surface area contributed by atoms with Gasteiger partial charge in [0.1, 0.15) is 6.61 Å². The van der Waals surface area contributed by atoms with Gasteiger partial charge in [-0.1, -0.05) is 38.5 Å². The Labute approximate surface area is 92.5 Å². The summed E-state index contributed by atoms with van der Waals surface area (Å²) in [5.74, 6) is 0. The van der Waals surface area contributed by atoms with Crippen molar-refractivity contribution in [2.24, 2.45) is 0 Å². The molecule has 82 valence electrons. The molecule has 2 nitrogen and oxygen atoms in total. The smallest absolute Gasteiger partial charge is 0.142 e. The molecule has 1 atom stereocenters. The quantitative estimate of drug-likeness (QED) is 0.547. The molecule has 1 aromatic rings. The molecular weight excluding hydrogens is 207 g/mol. The molecule has 1 rings (SSSR count). The summed E-state index contributed by atoms with van der Waals surface area (Å²) in [5.41, 5.74) is 1.12. The first-order valence-corrected chi connectivity index (χ1v) is 6.65. The lowest BCUT2D eigenvalue weighted by atomic mass is 10.2.